The third-order valence-corrected chi connectivity index (χ3v) is 2.68. The fourth-order valence-corrected chi connectivity index (χ4v) is 1.29. The molecular weight excluding hydrogens is 276 g/mol. The van der Waals surface area contributed by atoms with Crippen molar-refractivity contribution in [1.29, 1.82) is 0 Å². The average Bonchev–Trinajstić information content (AvgIpc) is 2.47. The van der Waals surface area contributed by atoms with Crippen LogP contribution in [-0.2, 0) is 9.59 Å². The Labute approximate surface area is 121 Å². The van der Waals surface area contributed by atoms with E-state index in [0.29, 0.717) is 12.0 Å². The van der Waals surface area contributed by atoms with Gasteiger partial charge in [0, 0.05) is 18.2 Å². The number of nitrogens with zero attached hydrogens (tertiary/aromatic N) is 2. The van der Waals surface area contributed by atoms with Crippen LogP contribution in [0.15, 0.2) is 29.4 Å². The lowest BCUT2D eigenvalue weighted by Crippen LogP contribution is -2.41. The Kier molecular flexibility index (Phi) is 5.99. The number of nitro groups is 1. The monoisotopic (exact) mass is 292 g/mol. The topological polar surface area (TPSA) is 114 Å². The van der Waals surface area contributed by atoms with Crippen molar-refractivity contribution in [2.45, 2.75) is 26.3 Å². The maximum Gasteiger partial charge on any atom is 0.329 e. The summed E-state index contributed by atoms with van der Waals surface area (Å²) in [6, 6.07) is 5.50. The van der Waals surface area contributed by atoms with Gasteiger partial charge in [0.1, 0.15) is 0 Å². The lowest BCUT2D eigenvalue weighted by atomic mass is 10.2. The molecule has 21 heavy (non-hydrogen) atoms. The summed E-state index contributed by atoms with van der Waals surface area (Å²) in [5.74, 6) is -1.63. The molecule has 0 saturated carbocycles. The van der Waals surface area contributed by atoms with E-state index in [4.69, 9.17) is 0 Å². The smallest absolute Gasteiger partial charge is 0.329 e. The Balaban J connectivity index is 2.52. The standard InChI is InChI=1S/C13H16N4O4/c1-3-9(2)15-12(18)13(19)16-14-8-10-4-6-11(7-5-10)17(20)21/h4-9H,3H2,1-2H3,(H,15,18)(H,16,19)/b14-8-/t9-/m0/s1. The van der Waals surface area contributed by atoms with Crippen molar-refractivity contribution in [2.75, 3.05) is 0 Å². The van der Waals surface area contributed by atoms with Crippen LogP contribution in [0.1, 0.15) is 25.8 Å². The molecule has 0 aliphatic carbocycles. The normalized spacial score (nSPS) is 11.9. The fourth-order valence-electron chi connectivity index (χ4n) is 1.29. The van der Waals surface area contributed by atoms with Gasteiger partial charge in [-0.2, -0.15) is 5.10 Å². The number of carbonyl (C=O) groups excluding carboxylic acids is 2. The highest BCUT2D eigenvalue weighted by Crippen LogP contribution is 2.10. The van der Waals surface area contributed by atoms with E-state index < -0.39 is 16.7 Å². The van der Waals surface area contributed by atoms with Crippen molar-refractivity contribution in [1.82, 2.24) is 10.7 Å². The predicted molar refractivity (Wildman–Crippen MR) is 76.7 cm³/mol. The van der Waals surface area contributed by atoms with Crippen LogP contribution >= 0.6 is 0 Å². The summed E-state index contributed by atoms with van der Waals surface area (Å²) in [7, 11) is 0. The molecule has 1 aromatic carbocycles. The molecule has 0 aliphatic heterocycles. The number of hydrazone groups is 1. The highest BCUT2D eigenvalue weighted by Gasteiger charge is 2.14. The summed E-state index contributed by atoms with van der Waals surface area (Å²) in [5, 5.41) is 16.6. The molecule has 112 valence electrons. The van der Waals surface area contributed by atoms with Gasteiger partial charge in [0.05, 0.1) is 11.1 Å². The van der Waals surface area contributed by atoms with Crippen LogP contribution < -0.4 is 10.7 Å². The summed E-state index contributed by atoms with van der Waals surface area (Å²) in [4.78, 5) is 32.8. The van der Waals surface area contributed by atoms with Gasteiger partial charge in [-0.05, 0) is 31.0 Å². The van der Waals surface area contributed by atoms with Crippen molar-refractivity contribution in [3.05, 3.63) is 39.9 Å². The van der Waals surface area contributed by atoms with Gasteiger partial charge < -0.3 is 5.32 Å². The molecule has 0 aromatic heterocycles. The summed E-state index contributed by atoms with van der Waals surface area (Å²) >= 11 is 0. The SMILES string of the molecule is CC[C@H](C)NC(=O)C(=O)N/N=C\c1ccc([N+](=O)[O-])cc1. The van der Waals surface area contributed by atoms with E-state index in [-0.39, 0.29) is 11.7 Å². The minimum absolute atomic E-state index is 0.0379. The third-order valence-electron chi connectivity index (χ3n) is 2.68. The van der Waals surface area contributed by atoms with Crippen LogP contribution in [0.4, 0.5) is 5.69 Å². The van der Waals surface area contributed by atoms with Crippen LogP contribution in [0.5, 0.6) is 0 Å². The van der Waals surface area contributed by atoms with Gasteiger partial charge in [-0.1, -0.05) is 6.92 Å². The molecule has 0 saturated heterocycles. The minimum Gasteiger partial charge on any atom is -0.345 e. The van der Waals surface area contributed by atoms with Gasteiger partial charge in [-0.25, -0.2) is 5.43 Å². The average molecular weight is 292 g/mol. The number of carbonyl (C=O) groups is 2. The first kappa shape index (κ1) is 16.3. The Morgan fingerprint density at radius 3 is 2.48 bits per heavy atom. The van der Waals surface area contributed by atoms with E-state index >= 15 is 0 Å². The molecule has 0 radical (unpaired) electrons. The molecule has 0 unspecified atom stereocenters. The molecule has 0 bridgehead atoms. The molecule has 1 aromatic rings. The van der Waals surface area contributed by atoms with Crippen molar-refractivity contribution in [2.24, 2.45) is 5.10 Å². The first-order valence-electron chi connectivity index (χ1n) is 6.32. The van der Waals surface area contributed by atoms with E-state index in [1.165, 1.54) is 30.5 Å². The van der Waals surface area contributed by atoms with Crippen molar-refractivity contribution < 1.29 is 14.5 Å². The first-order valence-corrected chi connectivity index (χ1v) is 6.32. The highest BCUT2D eigenvalue weighted by atomic mass is 16.6. The number of amides is 2. The van der Waals surface area contributed by atoms with Crippen molar-refractivity contribution in [3.63, 3.8) is 0 Å². The van der Waals surface area contributed by atoms with Gasteiger partial charge in [-0.15, -0.1) is 0 Å². The Hall–Kier alpha value is -2.77. The second kappa shape index (κ2) is 7.73. The van der Waals surface area contributed by atoms with E-state index in [0.717, 1.165) is 0 Å². The minimum atomic E-state index is -0.867. The maximum absolute atomic E-state index is 11.4. The van der Waals surface area contributed by atoms with Crippen LogP contribution in [0.25, 0.3) is 0 Å². The van der Waals surface area contributed by atoms with E-state index in [9.17, 15) is 19.7 Å². The molecule has 2 N–H and O–H groups in total. The molecular formula is C13H16N4O4. The van der Waals surface area contributed by atoms with Gasteiger partial charge in [0.2, 0.25) is 0 Å². The molecule has 0 spiro atoms. The molecule has 1 atom stereocenters. The number of nitro benzene ring substituents is 1. The lowest BCUT2D eigenvalue weighted by molar-refractivity contribution is -0.384. The third kappa shape index (κ3) is 5.39. The van der Waals surface area contributed by atoms with E-state index in [1.54, 1.807) is 6.92 Å². The molecule has 0 fully saturated rings. The van der Waals surface area contributed by atoms with Crippen LogP contribution in [0.2, 0.25) is 0 Å². The summed E-state index contributed by atoms with van der Waals surface area (Å²) in [6.07, 6.45) is 2.00. The molecule has 2 amide bonds. The van der Waals surface area contributed by atoms with E-state index in [1.807, 2.05) is 6.92 Å². The van der Waals surface area contributed by atoms with Gasteiger partial charge >= 0.3 is 11.8 Å². The molecule has 0 aliphatic rings. The first-order chi connectivity index (χ1) is 9.93. The van der Waals surface area contributed by atoms with Gasteiger partial charge in [0.15, 0.2) is 0 Å². The number of benzene rings is 1. The van der Waals surface area contributed by atoms with Crippen LogP contribution in [-0.4, -0.2) is 29.0 Å². The van der Waals surface area contributed by atoms with Crippen molar-refractivity contribution >= 4 is 23.7 Å². The highest BCUT2D eigenvalue weighted by molar-refractivity contribution is 6.35. The zero-order chi connectivity index (χ0) is 15.8. The van der Waals surface area contributed by atoms with Gasteiger partial charge in [0.25, 0.3) is 5.69 Å². The van der Waals surface area contributed by atoms with Crippen LogP contribution in [0.3, 0.4) is 0 Å². The zero-order valence-corrected chi connectivity index (χ0v) is 11.7. The number of non-ortho nitro benzene ring substituents is 1. The van der Waals surface area contributed by atoms with Crippen molar-refractivity contribution in [3.8, 4) is 0 Å². The number of hydrogen-bond acceptors (Lipinski definition) is 5. The lowest BCUT2D eigenvalue weighted by Gasteiger charge is -2.09. The maximum atomic E-state index is 11.4. The Morgan fingerprint density at radius 1 is 1.33 bits per heavy atom. The quantitative estimate of drug-likeness (QED) is 0.364. The summed E-state index contributed by atoms with van der Waals surface area (Å²) < 4.78 is 0. The number of hydrogen-bond donors (Lipinski definition) is 2. The Morgan fingerprint density at radius 2 is 1.95 bits per heavy atom. The summed E-state index contributed by atoms with van der Waals surface area (Å²) in [5.41, 5.74) is 2.60. The second-order valence-corrected chi connectivity index (χ2v) is 4.33. The zero-order valence-electron chi connectivity index (χ0n) is 11.7. The molecule has 1 rings (SSSR count). The molecule has 8 nitrogen and oxygen atoms in total. The number of nitrogens with one attached hydrogen (secondary N) is 2. The van der Waals surface area contributed by atoms with Crippen LogP contribution in [0, 0.1) is 10.1 Å². The van der Waals surface area contributed by atoms with E-state index in [2.05, 4.69) is 15.8 Å². The summed E-state index contributed by atoms with van der Waals surface area (Å²) in [6.45, 7) is 3.67. The Bertz CT molecular complexity index is 554. The molecule has 8 heteroatoms. The molecule has 0 heterocycles. The largest absolute Gasteiger partial charge is 0.345 e. The fraction of sp³-hybridized carbons (Fsp3) is 0.308. The number of rotatable bonds is 5. The predicted octanol–water partition coefficient (Wildman–Crippen LogP) is 0.960. The second-order valence-electron chi connectivity index (χ2n) is 4.33. The van der Waals surface area contributed by atoms with Gasteiger partial charge in [-0.3, -0.25) is 19.7 Å².